The first kappa shape index (κ1) is 13.3. The van der Waals surface area contributed by atoms with Gasteiger partial charge in [-0.05, 0) is 0 Å². The maximum Gasteiger partial charge on any atom is 0.340 e. The van der Waals surface area contributed by atoms with Crippen LogP contribution in [-0.2, 0) is 9.36 Å². The molecule has 0 aromatic carbocycles. The van der Waals surface area contributed by atoms with Crippen molar-refractivity contribution in [2.45, 2.75) is 13.3 Å². The van der Waals surface area contributed by atoms with Gasteiger partial charge in [-0.25, -0.2) is 0 Å². The van der Waals surface area contributed by atoms with E-state index >= 15 is 0 Å². The quantitative estimate of drug-likeness (QED) is 0.401. The Bertz CT molecular complexity index is 178. The van der Waals surface area contributed by atoms with Crippen LogP contribution in [0.25, 0.3) is 0 Å². The third-order valence-corrected chi connectivity index (χ3v) is 5.46. The number of rotatable bonds is 8. The monoisotopic (exact) mass is 240 g/mol. The molecule has 0 aromatic heterocycles. The Balaban J connectivity index is 3.25. The largest absolute Gasteiger partial charge is 0.370 e. The Labute approximate surface area is 87.8 Å². The molecule has 0 spiro atoms. The third-order valence-electron chi connectivity index (χ3n) is 1.23. The fourth-order valence-electron chi connectivity index (χ4n) is 0.628. The van der Waals surface area contributed by atoms with Crippen LogP contribution >= 0.6 is 29.4 Å². The normalized spacial score (nSPS) is 11.3. The summed E-state index contributed by atoms with van der Waals surface area (Å²) in [6.45, 7) is 2.09. The van der Waals surface area contributed by atoms with Crippen molar-refractivity contribution >= 4 is 35.3 Å². The maximum atomic E-state index is 11.2. The molecule has 2 N–H and O–H groups in total. The summed E-state index contributed by atoms with van der Waals surface area (Å²) in [6.07, 6.45) is 1.39. The van der Waals surface area contributed by atoms with Crippen molar-refractivity contribution in [3.63, 3.8) is 0 Å². The number of carbonyl (C=O) groups is 1. The molecule has 0 aromatic rings. The number of nitrogens with two attached hydrogens (primary N) is 1. The van der Waals surface area contributed by atoms with Gasteiger partial charge in [0.2, 0.25) is 5.91 Å². The Hall–Kier alpha value is 0.270. The second-order valence-electron chi connectivity index (χ2n) is 2.37. The highest BCUT2D eigenvalue weighted by Gasteiger charge is 2.15. The number of hydrogen-bond acceptors (Lipinski definition) is 4. The topological polar surface area (TPSA) is 60.2 Å². The van der Waals surface area contributed by atoms with E-state index in [4.69, 9.17) is 5.73 Å². The van der Waals surface area contributed by atoms with Crippen LogP contribution in [0.15, 0.2) is 0 Å². The van der Waals surface area contributed by atoms with Gasteiger partial charge in [-0.3, -0.25) is 4.79 Å². The summed E-state index contributed by atoms with van der Waals surface area (Å²) in [5, 5.41) is 0. The molecular formula is C7H15NO2PS2+. The van der Waals surface area contributed by atoms with Gasteiger partial charge in [0.25, 0.3) is 0 Å². The first-order valence-electron chi connectivity index (χ1n) is 4.11. The summed E-state index contributed by atoms with van der Waals surface area (Å²) < 4.78 is 11.2. The molecule has 0 aliphatic rings. The van der Waals surface area contributed by atoms with E-state index in [0.717, 1.165) is 11.5 Å². The lowest BCUT2D eigenvalue weighted by molar-refractivity contribution is -0.117. The lowest BCUT2D eigenvalue weighted by Crippen LogP contribution is -2.11. The minimum atomic E-state index is -1.21. The second kappa shape index (κ2) is 8.85. The molecule has 0 saturated heterocycles. The summed E-state index contributed by atoms with van der Waals surface area (Å²) in [5.74, 6) is 1.61. The molecule has 3 nitrogen and oxygen atoms in total. The van der Waals surface area contributed by atoms with Crippen molar-refractivity contribution < 1.29 is 9.36 Å². The SMILES string of the molecule is CCSSCC[P+](=O)CCC(N)=O. The first-order valence-corrected chi connectivity index (χ1v) is 8.23. The van der Waals surface area contributed by atoms with Crippen molar-refractivity contribution in [3.05, 3.63) is 0 Å². The van der Waals surface area contributed by atoms with E-state index in [9.17, 15) is 9.36 Å². The molecule has 0 radical (unpaired) electrons. The van der Waals surface area contributed by atoms with Crippen LogP contribution < -0.4 is 5.73 Å². The van der Waals surface area contributed by atoms with Crippen LogP contribution in [0.3, 0.4) is 0 Å². The highest BCUT2D eigenvalue weighted by atomic mass is 33.1. The molecule has 0 fully saturated rings. The van der Waals surface area contributed by atoms with E-state index in [-0.39, 0.29) is 12.3 Å². The average Bonchev–Trinajstić information content (AvgIpc) is 2.09. The number of carbonyl (C=O) groups excluding carboxylic acids is 1. The fraction of sp³-hybridized carbons (Fsp3) is 0.857. The standard InChI is InChI=1S/C7H14NO2PS2/c1-2-12-13-6-5-11(10)4-3-7(8)9/h2-6H2,1H3,(H-,8,9)/p+1. The first-order chi connectivity index (χ1) is 6.16. The Morgan fingerprint density at radius 3 is 2.62 bits per heavy atom. The van der Waals surface area contributed by atoms with E-state index in [0.29, 0.717) is 12.3 Å². The van der Waals surface area contributed by atoms with Gasteiger partial charge in [-0.2, -0.15) is 0 Å². The zero-order valence-corrected chi connectivity index (χ0v) is 10.2. The second-order valence-corrected chi connectivity index (χ2v) is 7.10. The van der Waals surface area contributed by atoms with Crippen molar-refractivity contribution in [2.24, 2.45) is 5.73 Å². The molecule has 0 heterocycles. The highest BCUT2D eigenvalue weighted by molar-refractivity contribution is 8.76. The Kier molecular flexibility index (Phi) is 9.03. The molecule has 1 unspecified atom stereocenters. The number of hydrogen-bond donors (Lipinski definition) is 1. The molecule has 13 heavy (non-hydrogen) atoms. The van der Waals surface area contributed by atoms with Gasteiger partial charge in [0.1, 0.15) is 0 Å². The van der Waals surface area contributed by atoms with Gasteiger partial charge in [-0.1, -0.05) is 33.1 Å². The highest BCUT2D eigenvalue weighted by Crippen LogP contribution is 2.27. The van der Waals surface area contributed by atoms with Crippen molar-refractivity contribution in [2.75, 3.05) is 23.8 Å². The molecule has 0 aliphatic heterocycles. The van der Waals surface area contributed by atoms with Crippen LogP contribution in [0.1, 0.15) is 13.3 Å². The van der Waals surface area contributed by atoms with Crippen LogP contribution in [0.5, 0.6) is 0 Å². The van der Waals surface area contributed by atoms with E-state index < -0.39 is 7.80 Å². The lowest BCUT2D eigenvalue weighted by atomic mass is 10.5. The fourth-order valence-corrected chi connectivity index (χ4v) is 4.24. The molecule has 1 amide bonds. The summed E-state index contributed by atoms with van der Waals surface area (Å²) in [4.78, 5) is 10.4. The Morgan fingerprint density at radius 1 is 1.38 bits per heavy atom. The molecular weight excluding hydrogens is 225 g/mol. The van der Waals surface area contributed by atoms with Crippen LogP contribution in [0, 0.1) is 0 Å². The summed E-state index contributed by atoms with van der Waals surface area (Å²) in [5.41, 5.74) is 4.94. The summed E-state index contributed by atoms with van der Waals surface area (Å²) in [6, 6.07) is 0. The van der Waals surface area contributed by atoms with Crippen molar-refractivity contribution in [1.29, 1.82) is 0 Å². The predicted molar refractivity (Wildman–Crippen MR) is 61.7 cm³/mol. The van der Waals surface area contributed by atoms with Gasteiger partial charge in [0.05, 0.1) is 6.42 Å². The third kappa shape index (κ3) is 10.2. The van der Waals surface area contributed by atoms with E-state index in [2.05, 4.69) is 6.92 Å². The lowest BCUT2D eigenvalue weighted by Gasteiger charge is -1.91. The van der Waals surface area contributed by atoms with Gasteiger partial charge in [-0.15, -0.1) is 0 Å². The molecule has 0 bridgehead atoms. The number of amides is 1. The molecule has 76 valence electrons. The van der Waals surface area contributed by atoms with E-state index in [1.165, 1.54) is 0 Å². The minimum Gasteiger partial charge on any atom is -0.370 e. The minimum absolute atomic E-state index is 0.251. The van der Waals surface area contributed by atoms with Crippen LogP contribution in [0.4, 0.5) is 0 Å². The smallest absolute Gasteiger partial charge is 0.340 e. The average molecular weight is 240 g/mol. The van der Waals surface area contributed by atoms with Crippen LogP contribution in [-0.4, -0.2) is 29.7 Å². The van der Waals surface area contributed by atoms with E-state index in [1.807, 2.05) is 0 Å². The zero-order valence-electron chi connectivity index (χ0n) is 7.69. The summed E-state index contributed by atoms with van der Waals surface area (Å²) in [7, 11) is 2.29. The maximum absolute atomic E-state index is 11.2. The molecule has 0 rings (SSSR count). The van der Waals surface area contributed by atoms with Gasteiger partial charge in [0.15, 0.2) is 12.3 Å². The molecule has 0 aliphatic carbocycles. The van der Waals surface area contributed by atoms with Gasteiger partial charge >= 0.3 is 7.80 Å². The predicted octanol–water partition coefficient (Wildman–Crippen LogP) is 2.09. The zero-order chi connectivity index (χ0) is 10.1. The molecule has 6 heteroatoms. The van der Waals surface area contributed by atoms with Crippen LogP contribution in [0.2, 0.25) is 0 Å². The number of primary amides is 1. The van der Waals surface area contributed by atoms with E-state index in [1.54, 1.807) is 21.6 Å². The Morgan fingerprint density at radius 2 is 2.08 bits per heavy atom. The summed E-state index contributed by atoms with van der Waals surface area (Å²) >= 11 is 0. The van der Waals surface area contributed by atoms with Gasteiger partial charge < -0.3 is 5.73 Å². The van der Waals surface area contributed by atoms with Crippen molar-refractivity contribution in [1.82, 2.24) is 0 Å². The van der Waals surface area contributed by atoms with Gasteiger partial charge in [0, 0.05) is 11.5 Å². The molecule has 0 saturated carbocycles. The molecule has 1 atom stereocenters. The van der Waals surface area contributed by atoms with Crippen molar-refractivity contribution in [3.8, 4) is 0 Å².